The van der Waals surface area contributed by atoms with Crippen molar-refractivity contribution in [2.24, 2.45) is 0 Å². The van der Waals surface area contributed by atoms with E-state index >= 15 is 0 Å². The van der Waals surface area contributed by atoms with Crippen LogP contribution in [0.4, 0.5) is 0 Å². The van der Waals surface area contributed by atoms with Gasteiger partial charge in [-0.2, -0.15) is 0 Å². The third-order valence-electron chi connectivity index (χ3n) is 4.42. The van der Waals surface area contributed by atoms with Gasteiger partial charge in [-0.3, -0.25) is 9.78 Å². The standard InChI is InChI=1S/C16H16ClN3O2/c17-9-5-6-18-13(7-9)14-3-4-15(22-14)16(21)20-12-8-10-1-2-11(12)19-10/h3-7,10-12,19H,1-2,8H2,(H,20,21). The fourth-order valence-corrected chi connectivity index (χ4v) is 3.52. The Hall–Kier alpha value is -1.85. The molecule has 114 valence electrons. The number of halogens is 1. The molecular formula is C16H16ClN3O2. The summed E-state index contributed by atoms with van der Waals surface area (Å²) in [5.74, 6) is 0.672. The molecule has 2 bridgehead atoms. The van der Waals surface area contributed by atoms with Gasteiger partial charge in [0.25, 0.3) is 5.91 Å². The summed E-state index contributed by atoms with van der Waals surface area (Å²) in [4.78, 5) is 16.5. The SMILES string of the molecule is O=C(NC1CC2CCC1N2)c1ccc(-c2cc(Cl)ccn2)o1. The van der Waals surface area contributed by atoms with Gasteiger partial charge < -0.3 is 15.1 Å². The summed E-state index contributed by atoms with van der Waals surface area (Å²) in [7, 11) is 0. The van der Waals surface area contributed by atoms with Crippen LogP contribution in [-0.2, 0) is 0 Å². The largest absolute Gasteiger partial charge is 0.449 e. The number of nitrogens with zero attached hydrogens (tertiary/aromatic N) is 1. The number of amides is 1. The van der Waals surface area contributed by atoms with Crippen molar-refractivity contribution in [3.8, 4) is 11.5 Å². The highest BCUT2D eigenvalue weighted by Crippen LogP contribution is 2.29. The lowest BCUT2D eigenvalue weighted by molar-refractivity contribution is 0.0903. The van der Waals surface area contributed by atoms with Crippen LogP contribution in [0, 0.1) is 0 Å². The number of pyridine rings is 1. The van der Waals surface area contributed by atoms with E-state index in [0.29, 0.717) is 34.3 Å². The Balaban J connectivity index is 1.48. The second-order valence-electron chi connectivity index (χ2n) is 5.89. The summed E-state index contributed by atoms with van der Waals surface area (Å²) in [6.07, 6.45) is 4.95. The topological polar surface area (TPSA) is 67.2 Å². The molecule has 0 saturated carbocycles. The monoisotopic (exact) mass is 317 g/mol. The first kappa shape index (κ1) is 13.8. The van der Waals surface area contributed by atoms with E-state index < -0.39 is 0 Å². The van der Waals surface area contributed by atoms with E-state index in [1.165, 1.54) is 6.42 Å². The average molecular weight is 318 g/mol. The summed E-state index contributed by atoms with van der Waals surface area (Å²) in [5, 5.41) is 7.15. The zero-order valence-electron chi connectivity index (χ0n) is 11.9. The summed E-state index contributed by atoms with van der Waals surface area (Å²) in [6, 6.07) is 7.98. The first-order valence-electron chi connectivity index (χ1n) is 7.48. The fourth-order valence-electron chi connectivity index (χ4n) is 3.36. The predicted octanol–water partition coefficient (Wildman–Crippen LogP) is 2.62. The number of hydrogen-bond donors (Lipinski definition) is 2. The lowest BCUT2D eigenvalue weighted by atomic mass is 9.95. The van der Waals surface area contributed by atoms with Crippen LogP contribution in [0.15, 0.2) is 34.9 Å². The molecule has 2 aromatic heterocycles. The van der Waals surface area contributed by atoms with E-state index in [9.17, 15) is 4.79 Å². The zero-order valence-corrected chi connectivity index (χ0v) is 12.6. The Bertz CT molecular complexity index is 715. The highest BCUT2D eigenvalue weighted by Gasteiger charge is 2.39. The van der Waals surface area contributed by atoms with E-state index in [2.05, 4.69) is 15.6 Å². The second-order valence-corrected chi connectivity index (χ2v) is 6.32. The Labute approximate surface area is 133 Å². The highest BCUT2D eigenvalue weighted by atomic mass is 35.5. The van der Waals surface area contributed by atoms with E-state index in [1.807, 2.05) is 0 Å². The number of rotatable bonds is 3. The lowest BCUT2D eigenvalue weighted by Crippen LogP contribution is -2.42. The van der Waals surface area contributed by atoms with E-state index in [-0.39, 0.29) is 11.9 Å². The van der Waals surface area contributed by atoms with E-state index in [0.717, 1.165) is 12.8 Å². The molecule has 22 heavy (non-hydrogen) atoms. The number of aromatic nitrogens is 1. The Morgan fingerprint density at radius 1 is 1.36 bits per heavy atom. The molecular weight excluding hydrogens is 302 g/mol. The van der Waals surface area contributed by atoms with Crippen LogP contribution in [0.1, 0.15) is 29.8 Å². The van der Waals surface area contributed by atoms with Crippen molar-refractivity contribution in [3.05, 3.63) is 41.2 Å². The van der Waals surface area contributed by atoms with E-state index in [4.69, 9.17) is 16.0 Å². The number of carbonyl (C=O) groups excluding carboxylic acids is 1. The summed E-state index contributed by atoms with van der Waals surface area (Å²) in [5.41, 5.74) is 0.619. The van der Waals surface area contributed by atoms with Crippen molar-refractivity contribution < 1.29 is 9.21 Å². The van der Waals surface area contributed by atoms with Crippen LogP contribution in [-0.4, -0.2) is 29.0 Å². The lowest BCUT2D eigenvalue weighted by Gasteiger charge is -2.20. The molecule has 4 rings (SSSR count). The molecule has 2 aromatic rings. The summed E-state index contributed by atoms with van der Waals surface area (Å²) < 4.78 is 5.62. The molecule has 2 saturated heterocycles. The van der Waals surface area contributed by atoms with Crippen LogP contribution in [0.2, 0.25) is 5.02 Å². The van der Waals surface area contributed by atoms with Crippen molar-refractivity contribution in [1.82, 2.24) is 15.6 Å². The minimum atomic E-state index is -0.173. The maximum absolute atomic E-state index is 12.3. The van der Waals surface area contributed by atoms with Crippen LogP contribution < -0.4 is 10.6 Å². The Morgan fingerprint density at radius 3 is 3.00 bits per heavy atom. The quantitative estimate of drug-likeness (QED) is 0.913. The third kappa shape index (κ3) is 2.51. The molecule has 3 unspecified atom stereocenters. The molecule has 5 nitrogen and oxygen atoms in total. The molecule has 6 heteroatoms. The second kappa shape index (κ2) is 5.41. The average Bonchev–Trinajstić information content (AvgIpc) is 3.23. The first-order chi connectivity index (χ1) is 10.7. The van der Waals surface area contributed by atoms with E-state index in [1.54, 1.807) is 30.5 Å². The fraction of sp³-hybridized carbons (Fsp3) is 0.375. The minimum Gasteiger partial charge on any atom is -0.449 e. The molecule has 2 N–H and O–H groups in total. The van der Waals surface area contributed by atoms with Gasteiger partial charge in [0.1, 0.15) is 5.69 Å². The number of hydrogen-bond acceptors (Lipinski definition) is 4. The first-order valence-corrected chi connectivity index (χ1v) is 7.85. The zero-order chi connectivity index (χ0) is 15.1. The maximum atomic E-state index is 12.3. The van der Waals surface area contributed by atoms with Gasteiger partial charge in [0.05, 0.1) is 0 Å². The summed E-state index contributed by atoms with van der Waals surface area (Å²) >= 11 is 5.95. The van der Waals surface area contributed by atoms with Gasteiger partial charge in [-0.15, -0.1) is 0 Å². The van der Waals surface area contributed by atoms with Crippen molar-refractivity contribution in [2.45, 2.75) is 37.4 Å². The Kier molecular flexibility index (Phi) is 3.39. The van der Waals surface area contributed by atoms with Crippen molar-refractivity contribution >= 4 is 17.5 Å². The minimum absolute atomic E-state index is 0.173. The van der Waals surface area contributed by atoms with Crippen molar-refractivity contribution in [1.29, 1.82) is 0 Å². The third-order valence-corrected chi connectivity index (χ3v) is 4.66. The van der Waals surface area contributed by atoms with Crippen LogP contribution in [0.25, 0.3) is 11.5 Å². The van der Waals surface area contributed by atoms with Gasteiger partial charge in [-0.05, 0) is 43.5 Å². The number of carbonyl (C=O) groups is 1. The maximum Gasteiger partial charge on any atom is 0.287 e. The molecule has 0 aliphatic carbocycles. The normalized spacial score (nSPS) is 26.3. The number of nitrogens with one attached hydrogen (secondary N) is 2. The molecule has 0 spiro atoms. The van der Waals surface area contributed by atoms with Crippen LogP contribution in [0.5, 0.6) is 0 Å². The van der Waals surface area contributed by atoms with Gasteiger partial charge in [0.15, 0.2) is 11.5 Å². The smallest absolute Gasteiger partial charge is 0.287 e. The number of fused-ring (bicyclic) bond motifs is 2. The van der Waals surface area contributed by atoms with Gasteiger partial charge in [0.2, 0.25) is 0 Å². The molecule has 4 heterocycles. The van der Waals surface area contributed by atoms with Gasteiger partial charge in [-0.25, -0.2) is 0 Å². The molecule has 2 aliphatic heterocycles. The Morgan fingerprint density at radius 2 is 2.27 bits per heavy atom. The molecule has 0 aromatic carbocycles. The highest BCUT2D eigenvalue weighted by molar-refractivity contribution is 6.30. The van der Waals surface area contributed by atoms with Gasteiger partial charge in [0, 0.05) is 29.3 Å². The van der Waals surface area contributed by atoms with Crippen LogP contribution >= 0.6 is 11.6 Å². The molecule has 1 amide bonds. The molecule has 3 atom stereocenters. The van der Waals surface area contributed by atoms with Gasteiger partial charge in [-0.1, -0.05) is 11.6 Å². The molecule has 0 radical (unpaired) electrons. The summed E-state index contributed by atoms with van der Waals surface area (Å²) in [6.45, 7) is 0. The number of furan rings is 1. The molecule has 2 aliphatic rings. The van der Waals surface area contributed by atoms with Crippen molar-refractivity contribution in [2.75, 3.05) is 0 Å². The van der Waals surface area contributed by atoms with Crippen molar-refractivity contribution in [3.63, 3.8) is 0 Å². The predicted molar refractivity (Wildman–Crippen MR) is 82.8 cm³/mol. The molecule has 2 fully saturated rings. The van der Waals surface area contributed by atoms with Crippen LogP contribution in [0.3, 0.4) is 0 Å². The van der Waals surface area contributed by atoms with Gasteiger partial charge >= 0.3 is 0 Å².